The number of aromatic amines is 1. The van der Waals surface area contributed by atoms with Crippen molar-refractivity contribution in [3.05, 3.63) is 72.0 Å². The highest BCUT2D eigenvalue weighted by Crippen LogP contribution is 2.37. The number of aromatic nitrogens is 1. The van der Waals surface area contributed by atoms with Gasteiger partial charge in [0.2, 0.25) is 0 Å². The van der Waals surface area contributed by atoms with Gasteiger partial charge in [-0.05, 0) is 54.8 Å². The van der Waals surface area contributed by atoms with E-state index >= 15 is 0 Å². The van der Waals surface area contributed by atoms with Crippen molar-refractivity contribution in [2.75, 3.05) is 26.2 Å². The highest BCUT2D eigenvalue weighted by molar-refractivity contribution is 7.18. The first-order valence-electron chi connectivity index (χ1n) is 12.1. The van der Waals surface area contributed by atoms with Gasteiger partial charge in [-0.15, -0.1) is 11.3 Å². The van der Waals surface area contributed by atoms with E-state index in [2.05, 4.69) is 86.3 Å². The van der Waals surface area contributed by atoms with Gasteiger partial charge in [0.05, 0.1) is 10.6 Å². The Morgan fingerprint density at radius 1 is 0.714 bits per heavy atom. The monoisotopic (exact) mass is 479 g/mol. The van der Waals surface area contributed by atoms with Gasteiger partial charge in [-0.2, -0.15) is 0 Å². The first-order chi connectivity index (χ1) is 17.3. The standard InChI is InChI=1S/C28H25N5OS/c1-9-29-27(30-10-1)20-6-3-17-13-22(33-21(17)14-20)26-8-7-25(35-26)19-5-4-18-15-24(34-23(18)16-19)28-31-11-2-12-32-28/h3-8,13-16,33H,1-2,9-12H2,(H,29,30)(H,31,32). The molecule has 0 saturated carbocycles. The third-order valence-electron chi connectivity index (χ3n) is 6.60. The molecule has 3 aromatic heterocycles. The van der Waals surface area contributed by atoms with Crippen LogP contribution in [-0.2, 0) is 0 Å². The predicted molar refractivity (Wildman–Crippen MR) is 145 cm³/mol. The number of hydrogen-bond donors (Lipinski definition) is 3. The van der Waals surface area contributed by atoms with Crippen LogP contribution >= 0.6 is 11.3 Å². The van der Waals surface area contributed by atoms with Crippen LogP contribution in [0.25, 0.3) is 42.9 Å². The zero-order valence-corrected chi connectivity index (χ0v) is 20.0. The number of nitrogens with one attached hydrogen (secondary N) is 3. The molecule has 2 aliphatic heterocycles. The van der Waals surface area contributed by atoms with E-state index in [1.54, 1.807) is 11.3 Å². The summed E-state index contributed by atoms with van der Waals surface area (Å²) in [6.07, 6.45) is 2.16. The Morgan fingerprint density at radius 3 is 2.31 bits per heavy atom. The Morgan fingerprint density at radius 2 is 1.49 bits per heavy atom. The van der Waals surface area contributed by atoms with Crippen LogP contribution in [-0.4, -0.2) is 42.8 Å². The van der Waals surface area contributed by atoms with Crippen LogP contribution in [0.3, 0.4) is 0 Å². The lowest BCUT2D eigenvalue weighted by Crippen LogP contribution is -2.30. The second-order valence-corrected chi connectivity index (χ2v) is 10.1. The molecule has 2 aromatic carbocycles. The van der Waals surface area contributed by atoms with Crippen LogP contribution in [0.15, 0.2) is 75.1 Å². The number of furan rings is 1. The molecule has 6 nitrogen and oxygen atoms in total. The predicted octanol–water partition coefficient (Wildman–Crippen LogP) is 5.79. The zero-order valence-electron chi connectivity index (χ0n) is 19.2. The molecule has 174 valence electrons. The van der Waals surface area contributed by atoms with Crippen LogP contribution in [0.4, 0.5) is 0 Å². The van der Waals surface area contributed by atoms with Crippen LogP contribution < -0.4 is 10.6 Å². The van der Waals surface area contributed by atoms with E-state index in [-0.39, 0.29) is 0 Å². The van der Waals surface area contributed by atoms with Gasteiger partial charge in [0.15, 0.2) is 11.6 Å². The molecule has 0 bridgehead atoms. The molecule has 2 aliphatic rings. The fourth-order valence-corrected chi connectivity index (χ4v) is 5.74. The van der Waals surface area contributed by atoms with Gasteiger partial charge in [-0.1, -0.05) is 24.3 Å². The number of hydrogen-bond acceptors (Lipinski definition) is 6. The highest BCUT2D eigenvalue weighted by Gasteiger charge is 2.15. The Balaban J connectivity index is 1.18. The molecule has 5 heterocycles. The maximum atomic E-state index is 6.15. The Hall–Kier alpha value is -3.84. The third kappa shape index (κ3) is 3.82. The fourth-order valence-electron chi connectivity index (χ4n) is 4.77. The average molecular weight is 480 g/mol. The van der Waals surface area contributed by atoms with E-state index in [1.165, 1.54) is 15.1 Å². The maximum Gasteiger partial charge on any atom is 0.170 e. The lowest BCUT2D eigenvalue weighted by molar-refractivity contribution is 0.592. The van der Waals surface area contributed by atoms with Crippen LogP contribution in [0.2, 0.25) is 0 Å². The summed E-state index contributed by atoms with van der Waals surface area (Å²) in [7, 11) is 0. The molecule has 0 saturated heterocycles. The molecule has 0 amide bonds. The van der Waals surface area contributed by atoms with Gasteiger partial charge in [-0.3, -0.25) is 9.98 Å². The number of nitrogens with zero attached hydrogens (tertiary/aromatic N) is 2. The molecule has 0 aliphatic carbocycles. The second-order valence-electron chi connectivity index (χ2n) is 9.03. The van der Waals surface area contributed by atoms with Gasteiger partial charge >= 0.3 is 0 Å². The second kappa shape index (κ2) is 8.43. The Labute approximate surface area is 206 Å². The molecule has 0 radical (unpaired) electrons. The van der Waals surface area contributed by atoms with E-state index < -0.39 is 0 Å². The van der Waals surface area contributed by atoms with Gasteiger partial charge in [0, 0.05) is 52.9 Å². The number of aliphatic imine (C=N–C) groups is 2. The van der Waals surface area contributed by atoms with Crippen molar-refractivity contribution < 1.29 is 4.42 Å². The lowest BCUT2D eigenvalue weighted by Gasteiger charge is -2.14. The van der Waals surface area contributed by atoms with E-state index in [0.717, 1.165) is 89.8 Å². The molecule has 3 N–H and O–H groups in total. The Bertz CT molecular complexity index is 1580. The van der Waals surface area contributed by atoms with E-state index in [1.807, 2.05) is 0 Å². The topological polar surface area (TPSA) is 77.7 Å². The molecule has 0 atom stereocenters. The first-order valence-corrected chi connectivity index (χ1v) is 13.0. The summed E-state index contributed by atoms with van der Waals surface area (Å²) in [6, 6.07) is 21.6. The van der Waals surface area contributed by atoms with Crippen molar-refractivity contribution in [2.45, 2.75) is 12.8 Å². The summed E-state index contributed by atoms with van der Waals surface area (Å²) in [6.45, 7) is 3.68. The SMILES string of the molecule is c1cc2cc(-c3ccc(-c4ccc5cc(C6=NCCCN6)oc5c4)s3)[nH]c2cc1C1=NCCCN1. The lowest BCUT2D eigenvalue weighted by atomic mass is 10.1. The largest absolute Gasteiger partial charge is 0.453 e. The number of benzene rings is 2. The van der Waals surface area contributed by atoms with Crippen molar-refractivity contribution in [1.29, 1.82) is 0 Å². The molecule has 0 spiro atoms. The van der Waals surface area contributed by atoms with Gasteiger partial charge in [0.25, 0.3) is 0 Å². The molecule has 35 heavy (non-hydrogen) atoms. The van der Waals surface area contributed by atoms with Gasteiger partial charge in [-0.25, -0.2) is 0 Å². The summed E-state index contributed by atoms with van der Waals surface area (Å²) in [5, 5.41) is 9.06. The van der Waals surface area contributed by atoms with Crippen LogP contribution in [0, 0.1) is 0 Å². The summed E-state index contributed by atoms with van der Waals surface area (Å²) in [4.78, 5) is 15.2. The summed E-state index contributed by atoms with van der Waals surface area (Å²) in [5.74, 6) is 2.67. The average Bonchev–Trinajstić information content (AvgIpc) is 3.66. The molecular formula is C28H25N5OS. The summed E-state index contributed by atoms with van der Waals surface area (Å²) in [5.41, 5.74) is 5.45. The van der Waals surface area contributed by atoms with E-state index in [0.29, 0.717) is 0 Å². The quantitative estimate of drug-likeness (QED) is 0.305. The minimum Gasteiger partial charge on any atom is -0.453 e. The van der Waals surface area contributed by atoms with Crippen molar-refractivity contribution >= 4 is 44.9 Å². The number of amidine groups is 2. The minimum absolute atomic E-state index is 0.815. The molecule has 7 rings (SSSR count). The third-order valence-corrected chi connectivity index (χ3v) is 7.77. The minimum atomic E-state index is 0.815. The van der Waals surface area contributed by atoms with Crippen molar-refractivity contribution in [3.8, 4) is 21.0 Å². The van der Waals surface area contributed by atoms with Crippen molar-refractivity contribution in [3.63, 3.8) is 0 Å². The number of H-pyrrole nitrogens is 1. The normalized spacial score (nSPS) is 16.1. The van der Waals surface area contributed by atoms with Gasteiger partial charge < -0.3 is 20.0 Å². The van der Waals surface area contributed by atoms with Crippen molar-refractivity contribution in [1.82, 2.24) is 15.6 Å². The highest BCUT2D eigenvalue weighted by atomic mass is 32.1. The molecule has 0 fully saturated rings. The van der Waals surface area contributed by atoms with E-state index in [9.17, 15) is 0 Å². The molecular weight excluding hydrogens is 454 g/mol. The van der Waals surface area contributed by atoms with Crippen molar-refractivity contribution in [2.24, 2.45) is 9.98 Å². The Kier molecular flexibility index (Phi) is 4.94. The molecule has 7 heteroatoms. The maximum absolute atomic E-state index is 6.15. The number of rotatable bonds is 4. The summed E-state index contributed by atoms with van der Waals surface area (Å²) >= 11 is 1.78. The zero-order chi connectivity index (χ0) is 23.2. The number of thiophene rings is 1. The number of fused-ring (bicyclic) bond motifs is 2. The van der Waals surface area contributed by atoms with Crippen LogP contribution in [0.5, 0.6) is 0 Å². The smallest absolute Gasteiger partial charge is 0.170 e. The fraction of sp³-hybridized carbons (Fsp3) is 0.214. The van der Waals surface area contributed by atoms with E-state index in [4.69, 9.17) is 4.42 Å². The molecule has 0 unspecified atom stereocenters. The first kappa shape index (κ1) is 20.5. The van der Waals surface area contributed by atoms with Gasteiger partial charge in [0.1, 0.15) is 11.4 Å². The van der Waals surface area contributed by atoms with Crippen LogP contribution in [0.1, 0.15) is 24.2 Å². The molecule has 5 aromatic rings. The summed E-state index contributed by atoms with van der Waals surface area (Å²) < 4.78 is 6.15.